The van der Waals surface area contributed by atoms with E-state index in [1.165, 1.54) is 0 Å². The van der Waals surface area contributed by atoms with Gasteiger partial charge in [0.25, 0.3) is 5.91 Å². The van der Waals surface area contributed by atoms with Crippen molar-refractivity contribution in [2.45, 2.75) is 42.6 Å². The van der Waals surface area contributed by atoms with Crippen LogP contribution in [0.3, 0.4) is 0 Å². The van der Waals surface area contributed by atoms with E-state index in [0.717, 1.165) is 28.8 Å². The summed E-state index contributed by atoms with van der Waals surface area (Å²) >= 11 is 10.7. The number of nitrogen functional groups attached to an aromatic ring is 2. The number of hydrogen-bond donors (Lipinski definition) is 6. The van der Waals surface area contributed by atoms with Gasteiger partial charge in [0, 0.05) is 51.4 Å². The molecule has 1 aliphatic rings. The minimum Gasteiger partial charge on any atom is -0.481 e. The van der Waals surface area contributed by atoms with Gasteiger partial charge in [-0.1, -0.05) is 31.9 Å². The Hall–Kier alpha value is -2.65. The zero-order valence-electron chi connectivity index (χ0n) is 20.2. The van der Waals surface area contributed by atoms with E-state index < -0.39 is 23.9 Å². The molecule has 206 valence electrons. The molecule has 38 heavy (non-hydrogen) atoms. The van der Waals surface area contributed by atoms with E-state index >= 15 is 0 Å². The molecule has 0 spiro atoms. The number of fused-ring (bicyclic) bond motifs is 1. The van der Waals surface area contributed by atoms with E-state index in [1.807, 2.05) is 0 Å². The van der Waals surface area contributed by atoms with Crippen molar-refractivity contribution in [3.63, 3.8) is 0 Å². The van der Waals surface area contributed by atoms with Crippen LogP contribution in [-0.2, 0) is 16.0 Å². The number of carboxylic acid groups (broad SMARTS) is 2. The molecule has 12 nitrogen and oxygen atoms in total. The first-order chi connectivity index (χ1) is 18.0. The summed E-state index contributed by atoms with van der Waals surface area (Å²) in [7, 11) is 0. The second kappa shape index (κ2) is 13.4. The second-order valence-corrected chi connectivity index (χ2v) is 11.5. The van der Waals surface area contributed by atoms with Gasteiger partial charge in [0.05, 0.1) is 5.69 Å². The number of anilines is 4. The molecule has 0 saturated heterocycles. The molecule has 15 heteroatoms. The minimum atomic E-state index is -1.31. The predicted octanol–water partition coefficient (Wildman–Crippen LogP) is 2.84. The quantitative estimate of drug-likeness (QED) is 0.176. The lowest BCUT2D eigenvalue weighted by Gasteiger charge is -2.40. The molecule has 3 atom stereocenters. The summed E-state index contributed by atoms with van der Waals surface area (Å²) in [5.41, 5.74) is 14.6. The van der Waals surface area contributed by atoms with Crippen molar-refractivity contribution in [3.05, 3.63) is 33.9 Å². The number of amides is 1. The summed E-state index contributed by atoms with van der Waals surface area (Å²) in [4.78, 5) is 45.7. The number of nitrogens with zero attached hydrogens (tertiary/aromatic N) is 3. The molecule has 2 aromatic rings. The first-order valence-electron chi connectivity index (χ1n) is 11.7. The number of alkyl halides is 2. The highest BCUT2D eigenvalue weighted by Crippen LogP contribution is 2.35. The Morgan fingerprint density at radius 3 is 2.58 bits per heavy atom. The minimum absolute atomic E-state index is 0.0663. The van der Waals surface area contributed by atoms with Gasteiger partial charge in [-0.25, -0.2) is 9.78 Å². The lowest BCUT2D eigenvalue weighted by Crippen LogP contribution is -2.47. The Morgan fingerprint density at radius 1 is 1.21 bits per heavy atom. The third-order valence-electron chi connectivity index (χ3n) is 6.01. The fourth-order valence-corrected chi connectivity index (χ4v) is 5.21. The van der Waals surface area contributed by atoms with Gasteiger partial charge < -0.3 is 37.2 Å². The number of halogens is 3. The molecule has 1 aliphatic heterocycles. The van der Waals surface area contributed by atoms with Crippen molar-refractivity contribution in [3.8, 4) is 0 Å². The summed E-state index contributed by atoms with van der Waals surface area (Å²) < 4.78 is 0.611. The molecule has 0 radical (unpaired) electrons. The van der Waals surface area contributed by atoms with Gasteiger partial charge in [0.15, 0.2) is 5.82 Å². The van der Waals surface area contributed by atoms with E-state index in [2.05, 4.69) is 73.3 Å². The van der Waals surface area contributed by atoms with Crippen molar-refractivity contribution in [2.75, 3.05) is 40.1 Å². The molecule has 0 bridgehead atoms. The Labute approximate surface area is 244 Å². The number of aryl methyl sites for hydroxylation is 1. The molecule has 8 N–H and O–H groups in total. The molecule has 3 unspecified atom stereocenters. The average Bonchev–Trinajstić information content (AvgIpc) is 2.85. The maximum atomic E-state index is 12.6. The Balaban J connectivity index is 1.72. The number of nitrogens with two attached hydrogens (primary N) is 2. The number of aliphatic carboxylic acids is 2. The first kappa shape index (κ1) is 29.9. The topological polar surface area (TPSA) is 197 Å². The van der Waals surface area contributed by atoms with Crippen LogP contribution in [0.2, 0.25) is 0 Å². The maximum Gasteiger partial charge on any atom is 0.326 e. The Bertz CT molecular complexity index is 1200. The van der Waals surface area contributed by atoms with E-state index in [4.69, 9.17) is 16.6 Å². The number of benzene rings is 1. The monoisotopic (exact) mass is 719 g/mol. The van der Waals surface area contributed by atoms with Crippen LogP contribution in [0.4, 0.5) is 23.1 Å². The van der Waals surface area contributed by atoms with Crippen LogP contribution in [0, 0.1) is 0 Å². The van der Waals surface area contributed by atoms with Crippen LogP contribution in [-0.4, -0.2) is 73.4 Å². The molecule has 1 aromatic carbocycles. The molecule has 1 amide bonds. The van der Waals surface area contributed by atoms with E-state index in [9.17, 15) is 19.5 Å². The number of nitrogens with one attached hydrogen (secondary N) is 2. The largest absolute Gasteiger partial charge is 0.481 e. The Kier molecular flexibility index (Phi) is 10.6. The van der Waals surface area contributed by atoms with Crippen LogP contribution in [0.5, 0.6) is 0 Å². The number of carbonyl (C=O) groups is 3. The number of rotatable bonds is 12. The average molecular weight is 722 g/mol. The normalized spacial score (nSPS) is 16.3. The van der Waals surface area contributed by atoms with Gasteiger partial charge in [-0.15, -0.1) is 0 Å². The molecular weight excluding hydrogens is 694 g/mol. The number of aromatic nitrogens is 2. The zero-order chi connectivity index (χ0) is 28.0. The molecule has 1 aromatic heterocycles. The first-order valence-corrected chi connectivity index (χ1v) is 14.5. The molecule has 0 aliphatic carbocycles. The summed E-state index contributed by atoms with van der Waals surface area (Å²) in [6.45, 7) is 1.22. The molecular formula is C23H28Br3N7O5. The predicted molar refractivity (Wildman–Crippen MR) is 155 cm³/mol. The van der Waals surface area contributed by atoms with Crippen molar-refractivity contribution >= 4 is 88.8 Å². The molecule has 0 saturated carbocycles. The summed E-state index contributed by atoms with van der Waals surface area (Å²) in [6, 6.07) is 3.63. The molecule has 0 fully saturated rings. The van der Waals surface area contributed by atoms with Gasteiger partial charge in [0.2, 0.25) is 5.95 Å². The summed E-state index contributed by atoms with van der Waals surface area (Å²) in [5.74, 6) is -2.56. The number of hydrogen-bond acceptors (Lipinski definition) is 9. The van der Waals surface area contributed by atoms with Crippen molar-refractivity contribution in [1.82, 2.24) is 15.3 Å². The van der Waals surface area contributed by atoms with Crippen molar-refractivity contribution in [1.29, 1.82) is 0 Å². The second-order valence-electron chi connectivity index (χ2n) is 8.73. The maximum absolute atomic E-state index is 12.6. The number of carbonyl (C=O) groups excluding carboxylic acids is 1. The molecule has 2 heterocycles. The highest BCUT2D eigenvalue weighted by atomic mass is 79.9. The van der Waals surface area contributed by atoms with Gasteiger partial charge in [-0.3, -0.25) is 9.59 Å². The molecule has 3 rings (SSSR count). The van der Waals surface area contributed by atoms with Crippen LogP contribution >= 0.6 is 47.8 Å². The number of carboxylic acids is 2. The third kappa shape index (κ3) is 7.69. The fraction of sp³-hybridized carbons (Fsp3) is 0.435. The summed E-state index contributed by atoms with van der Waals surface area (Å²) in [5, 5.41) is 24.6. The van der Waals surface area contributed by atoms with Crippen LogP contribution in [0.1, 0.15) is 35.3 Å². The Morgan fingerprint density at radius 2 is 1.95 bits per heavy atom. The van der Waals surface area contributed by atoms with Crippen molar-refractivity contribution < 1.29 is 24.6 Å². The highest BCUT2D eigenvalue weighted by Gasteiger charge is 2.31. The van der Waals surface area contributed by atoms with E-state index in [0.29, 0.717) is 29.8 Å². The third-order valence-corrected chi connectivity index (χ3v) is 8.93. The lowest BCUT2D eigenvalue weighted by molar-refractivity contribution is -0.140. The smallest absolute Gasteiger partial charge is 0.326 e. The van der Waals surface area contributed by atoms with E-state index in [1.54, 1.807) is 18.2 Å². The lowest BCUT2D eigenvalue weighted by atomic mass is 9.99. The fourth-order valence-electron chi connectivity index (χ4n) is 4.18. The van der Waals surface area contributed by atoms with E-state index in [-0.39, 0.29) is 35.2 Å². The summed E-state index contributed by atoms with van der Waals surface area (Å²) in [6.07, 6.45) is 0.917. The van der Waals surface area contributed by atoms with Gasteiger partial charge in [-0.2, -0.15) is 4.98 Å². The zero-order valence-corrected chi connectivity index (χ0v) is 24.9. The highest BCUT2D eigenvalue weighted by molar-refractivity contribution is 9.12. The van der Waals surface area contributed by atoms with Crippen LogP contribution in [0.25, 0.3) is 0 Å². The van der Waals surface area contributed by atoms with Gasteiger partial charge >= 0.3 is 11.9 Å². The van der Waals surface area contributed by atoms with Gasteiger partial charge in [-0.05, 0) is 53.4 Å². The van der Waals surface area contributed by atoms with Crippen molar-refractivity contribution in [2.24, 2.45) is 0 Å². The van der Waals surface area contributed by atoms with Crippen LogP contribution < -0.4 is 27.0 Å². The van der Waals surface area contributed by atoms with Crippen LogP contribution in [0.15, 0.2) is 22.7 Å². The SMILES string of the molecule is Nc1nc(N)c2c(n1)CCC(CNc1ccc(C(=O)NC(CCC(=O)O)C(=O)O)cc1Br)N2CC(Br)CBr. The standard InChI is InChI=1S/C23H28Br3N7O5/c24-8-12(25)10-33-13(2-4-16-19(33)20(27)32-23(28)31-16)9-29-15-3-1-11(7-14(15)26)21(36)30-17(22(37)38)5-6-18(34)35/h1,3,7,12-13,17,29H,2,4-6,8-10H2,(H,30,36)(H,34,35)(H,37,38)(H4,27,28,31,32). The van der Waals surface area contributed by atoms with Gasteiger partial charge in [0.1, 0.15) is 11.7 Å².